The molecule has 1 aliphatic heterocycles. The lowest BCUT2D eigenvalue weighted by molar-refractivity contribution is -0.123. The van der Waals surface area contributed by atoms with Crippen LogP contribution < -0.4 is 5.56 Å². The Morgan fingerprint density at radius 3 is 2.44 bits per heavy atom. The lowest BCUT2D eigenvalue weighted by atomic mass is 9.92. The fourth-order valence-electron chi connectivity index (χ4n) is 4.75. The monoisotopic (exact) mass is 559 g/mol. The van der Waals surface area contributed by atoms with Crippen molar-refractivity contribution in [2.45, 2.75) is 58.8 Å². The number of thioether (sulfide) groups is 1. The van der Waals surface area contributed by atoms with Crippen LogP contribution in [-0.2, 0) is 30.7 Å². The maximum absolute atomic E-state index is 13.9. The van der Waals surface area contributed by atoms with Gasteiger partial charge in [0.1, 0.15) is 10.6 Å². The Labute approximate surface area is 237 Å². The van der Waals surface area contributed by atoms with Crippen LogP contribution in [0.2, 0.25) is 0 Å². The van der Waals surface area contributed by atoms with Gasteiger partial charge in [0.15, 0.2) is 5.16 Å². The molecule has 0 N–H and O–H groups in total. The Kier molecular flexibility index (Phi) is 7.78. The summed E-state index contributed by atoms with van der Waals surface area (Å²) in [6.07, 6.45) is 1.48. The van der Waals surface area contributed by atoms with Gasteiger partial charge in [-0.1, -0.05) is 87.1 Å². The van der Waals surface area contributed by atoms with Crippen molar-refractivity contribution in [1.82, 2.24) is 14.5 Å². The van der Waals surface area contributed by atoms with Crippen molar-refractivity contribution in [1.29, 1.82) is 0 Å². The maximum atomic E-state index is 13.9. The molecule has 1 amide bonds. The third kappa shape index (κ3) is 5.72. The van der Waals surface area contributed by atoms with E-state index in [0.29, 0.717) is 51.9 Å². The van der Waals surface area contributed by atoms with Gasteiger partial charge in [-0.15, -0.1) is 11.3 Å². The van der Waals surface area contributed by atoms with Gasteiger partial charge < -0.3 is 4.90 Å². The van der Waals surface area contributed by atoms with E-state index < -0.39 is 5.41 Å². The number of ketones is 1. The third-order valence-corrected chi connectivity index (χ3v) is 9.41. The predicted molar refractivity (Wildman–Crippen MR) is 159 cm³/mol. The quantitative estimate of drug-likeness (QED) is 0.208. The second-order valence-corrected chi connectivity index (χ2v) is 13.0. The molecule has 0 atom stereocenters. The topological polar surface area (TPSA) is 72.3 Å². The molecule has 0 aliphatic carbocycles. The van der Waals surface area contributed by atoms with E-state index in [0.717, 1.165) is 12.0 Å². The Balaban J connectivity index is 1.50. The van der Waals surface area contributed by atoms with Gasteiger partial charge >= 0.3 is 0 Å². The molecule has 202 valence electrons. The van der Waals surface area contributed by atoms with Gasteiger partial charge in [0.05, 0.1) is 16.0 Å². The standard InChI is InChI=1S/C31H33N3O3S2/c1-20-25-27(39-26(20)29(37)33-16-15-22-12-8-9-13-23(22)18-33)32-30(38-19-24(35)31(2,3)4)34(28(25)36)17-14-21-10-6-5-7-11-21/h5-13H,14-19H2,1-4H3. The first kappa shape index (κ1) is 27.3. The summed E-state index contributed by atoms with van der Waals surface area (Å²) in [4.78, 5) is 48.1. The molecule has 0 radical (unpaired) electrons. The number of nitrogens with zero attached hydrogens (tertiary/aromatic N) is 3. The van der Waals surface area contributed by atoms with Crippen molar-refractivity contribution < 1.29 is 9.59 Å². The lowest BCUT2D eigenvalue weighted by Crippen LogP contribution is -2.35. The van der Waals surface area contributed by atoms with E-state index in [2.05, 4.69) is 12.1 Å². The number of rotatable bonds is 7. The second kappa shape index (κ2) is 11.1. The molecular weight excluding hydrogens is 526 g/mol. The second-order valence-electron chi connectivity index (χ2n) is 11.0. The lowest BCUT2D eigenvalue weighted by Gasteiger charge is -2.28. The largest absolute Gasteiger partial charge is 0.333 e. The maximum Gasteiger partial charge on any atom is 0.264 e. The number of benzene rings is 2. The highest BCUT2D eigenvalue weighted by Crippen LogP contribution is 2.32. The van der Waals surface area contributed by atoms with Gasteiger partial charge in [-0.3, -0.25) is 19.0 Å². The summed E-state index contributed by atoms with van der Waals surface area (Å²) in [5.74, 6) is 0.272. The molecule has 39 heavy (non-hydrogen) atoms. The highest BCUT2D eigenvalue weighted by molar-refractivity contribution is 7.99. The average Bonchev–Trinajstić information content (AvgIpc) is 3.26. The summed E-state index contributed by atoms with van der Waals surface area (Å²) in [6.45, 7) is 9.20. The first-order chi connectivity index (χ1) is 18.6. The molecule has 6 nitrogen and oxygen atoms in total. The molecule has 0 saturated carbocycles. The molecule has 2 aromatic heterocycles. The molecule has 3 heterocycles. The number of carbonyl (C=O) groups is 2. The summed E-state index contributed by atoms with van der Waals surface area (Å²) >= 11 is 2.59. The number of hydrogen-bond donors (Lipinski definition) is 0. The Bertz CT molecular complexity index is 1600. The molecule has 8 heteroatoms. The Morgan fingerprint density at radius 1 is 1.03 bits per heavy atom. The van der Waals surface area contributed by atoms with Gasteiger partial charge in [-0.2, -0.15) is 0 Å². The van der Waals surface area contributed by atoms with Crippen LogP contribution in [0.3, 0.4) is 0 Å². The summed E-state index contributed by atoms with van der Waals surface area (Å²) in [7, 11) is 0. The van der Waals surface area contributed by atoms with E-state index in [4.69, 9.17) is 4.98 Å². The highest BCUT2D eigenvalue weighted by Gasteiger charge is 2.28. The fraction of sp³-hybridized carbons (Fsp3) is 0.355. The van der Waals surface area contributed by atoms with Crippen molar-refractivity contribution in [2.24, 2.45) is 5.41 Å². The number of amides is 1. The van der Waals surface area contributed by atoms with Crippen molar-refractivity contribution in [2.75, 3.05) is 12.3 Å². The van der Waals surface area contributed by atoms with Crippen molar-refractivity contribution in [3.05, 3.63) is 92.1 Å². The number of carbonyl (C=O) groups excluding carboxylic acids is 2. The van der Waals surface area contributed by atoms with E-state index in [1.54, 1.807) is 4.57 Å². The first-order valence-corrected chi connectivity index (χ1v) is 15.0. The van der Waals surface area contributed by atoms with Crippen LogP contribution in [-0.4, -0.2) is 38.4 Å². The van der Waals surface area contributed by atoms with Crippen molar-refractivity contribution in [3.8, 4) is 0 Å². The number of fused-ring (bicyclic) bond motifs is 2. The van der Waals surface area contributed by atoms with Crippen LogP contribution in [0.5, 0.6) is 0 Å². The van der Waals surface area contributed by atoms with Crippen LogP contribution >= 0.6 is 23.1 Å². The summed E-state index contributed by atoms with van der Waals surface area (Å²) in [5, 5.41) is 1.02. The SMILES string of the molecule is Cc1c(C(=O)N2CCc3ccccc3C2)sc2nc(SCC(=O)C(C)(C)C)n(CCc3ccccc3)c(=O)c12. The number of thiophene rings is 1. The summed E-state index contributed by atoms with van der Waals surface area (Å²) in [6, 6.07) is 18.2. The molecule has 5 rings (SSSR count). The Morgan fingerprint density at radius 2 is 1.72 bits per heavy atom. The van der Waals surface area contributed by atoms with Gasteiger partial charge in [0.25, 0.3) is 11.5 Å². The minimum Gasteiger partial charge on any atom is -0.333 e. The number of aromatic nitrogens is 2. The number of aryl methyl sites for hydroxylation is 2. The average molecular weight is 560 g/mol. The van der Waals surface area contributed by atoms with E-state index in [1.165, 1.54) is 34.2 Å². The normalized spacial score (nSPS) is 13.5. The van der Waals surface area contributed by atoms with Crippen LogP contribution in [0.25, 0.3) is 10.2 Å². The van der Waals surface area contributed by atoms with E-state index in [1.807, 2.05) is 75.1 Å². The summed E-state index contributed by atoms with van der Waals surface area (Å²) in [5.41, 5.74) is 3.63. The van der Waals surface area contributed by atoms with Crippen molar-refractivity contribution in [3.63, 3.8) is 0 Å². The summed E-state index contributed by atoms with van der Waals surface area (Å²) < 4.78 is 1.68. The van der Waals surface area contributed by atoms with Crippen LogP contribution in [0.1, 0.15) is 52.7 Å². The van der Waals surface area contributed by atoms with Gasteiger partial charge in [0, 0.05) is 25.0 Å². The highest BCUT2D eigenvalue weighted by atomic mass is 32.2. The zero-order valence-electron chi connectivity index (χ0n) is 22.8. The third-order valence-electron chi connectivity index (χ3n) is 7.26. The molecule has 0 unspecified atom stereocenters. The van der Waals surface area contributed by atoms with Gasteiger partial charge in [-0.25, -0.2) is 4.98 Å². The van der Waals surface area contributed by atoms with E-state index in [-0.39, 0.29) is 23.0 Å². The molecule has 2 aromatic carbocycles. The van der Waals surface area contributed by atoms with Crippen LogP contribution in [0, 0.1) is 12.3 Å². The predicted octanol–water partition coefficient (Wildman–Crippen LogP) is 5.91. The molecule has 0 saturated heterocycles. The number of Topliss-reactive ketones (excluding diaryl/α,β-unsaturated/α-hetero) is 1. The van der Waals surface area contributed by atoms with Crippen LogP contribution in [0.4, 0.5) is 0 Å². The minimum absolute atomic E-state index is 0.0580. The molecule has 4 aromatic rings. The van der Waals surface area contributed by atoms with Gasteiger partial charge in [0.2, 0.25) is 0 Å². The molecule has 0 fully saturated rings. The molecular formula is C31H33N3O3S2. The minimum atomic E-state index is -0.474. The van der Waals surface area contributed by atoms with Gasteiger partial charge in [-0.05, 0) is 42.0 Å². The molecule has 1 aliphatic rings. The molecule has 0 bridgehead atoms. The molecule has 0 spiro atoms. The van der Waals surface area contributed by atoms with E-state index in [9.17, 15) is 14.4 Å². The fourth-order valence-corrected chi connectivity index (χ4v) is 7.13. The van der Waals surface area contributed by atoms with Crippen molar-refractivity contribution >= 4 is 45.0 Å². The van der Waals surface area contributed by atoms with E-state index >= 15 is 0 Å². The zero-order valence-corrected chi connectivity index (χ0v) is 24.5. The zero-order chi connectivity index (χ0) is 27.7. The smallest absolute Gasteiger partial charge is 0.264 e. The Hall–Kier alpha value is -3.23. The first-order valence-electron chi connectivity index (χ1n) is 13.2. The van der Waals surface area contributed by atoms with Crippen LogP contribution in [0.15, 0.2) is 64.5 Å². The number of hydrogen-bond acceptors (Lipinski definition) is 6.